The van der Waals surface area contributed by atoms with Crippen LogP contribution in [0.15, 0.2) is 47.4 Å². The van der Waals surface area contributed by atoms with E-state index in [1.54, 1.807) is 36.4 Å². The Labute approximate surface area is 188 Å². The van der Waals surface area contributed by atoms with Gasteiger partial charge in [0.15, 0.2) is 0 Å². The van der Waals surface area contributed by atoms with Crippen molar-refractivity contribution in [2.75, 3.05) is 6.54 Å². The molecule has 1 fully saturated rings. The van der Waals surface area contributed by atoms with E-state index in [2.05, 4.69) is 0 Å². The van der Waals surface area contributed by atoms with Crippen LogP contribution < -0.4 is 4.74 Å². The van der Waals surface area contributed by atoms with E-state index in [9.17, 15) is 9.59 Å². The molecule has 0 bridgehead atoms. The second kappa shape index (κ2) is 9.90. The first-order valence-corrected chi connectivity index (χ1v) is 10.3. The molecule has 1 aliphatic heterocycles. The Morgan fingerprint density at radius 3 is 2.45 bits per heavy atom. The van der Waals surface area contributed by atoms with Crippen LogP contribution in [-0.2, 0) is 9.59 Å². The van der Waals surface area contributed by atoms with Crippen LogP contribution in [-0.4, -0.2) is 32.7 Å². The number of rotatable bonds is 7. The monoisotopic (exact) mass is 449 g/mol. The maximum absolute atomic E-state index is 12.5. The number of thioether (sulfide) groups is 1. The van der Waals surface area contributed by atoms with Gasteiger partial charge in [-0.2, -0.15) is 10.5 Å². The molecule has 1 saturated heterocycles. The maximum atomic E-state index is 12.5. The van der Waals surface area contributed by atoms with Gasteiger partial charge in [-0.25, -0.2) is 0 Å². The molecule has 2 aromatic rings. The predicted molar refractivity (Wildman–Crippen MR) is 119 cm³/mol. The van der Waals surface area contributed by atoms with Crippen LogP contribution in [0, 0.1) is 22.7 Å². The van der Waals surface area contributed by atoms with Gasteiger partial charge in [-0.3, -0.25) is 14.5 Å². The van der Waals surface area contributed by atoms with E-state index in [-0.39, 0.29) is 30.0 Å². The highest BCUT2D eigenvalue weighted by molar-refractivity contribution is 8.26. The van der Waals surface area contributed by atoms with Crippen molar-refractivity contribution in [3.8, 4) is 23.6 Å². The molecule has 0 atom stereocenters. The Hall–Kier alpha value is -3.66. The normalized spacial score (nSPS) is 14.4. The summed E-state index contributed by atoms with van der Waals surface area (Å²) in [7, 11) is 0. The summed E-state index contributed by atoms with van der Waals surface area (Å²) < 4.78 is 6.15. The Bertz CT molecular complexity index is 1160. The molecule has 154 valence electrons. The van der Waals surface area contributed by atoms with Gasteiger partial charge in [0.25, 0.3) is 5.91 Å². The van der Waals surface area contributed by atoms with Gasteiger partial charge in [0.1, 0.15) is 28.0 Å². The smallest absolute Gasteiger partial charge is 0.303 e. The minimum atomic E-state index is -0.909. The van der Waals surface area contributed by atoms with E-state index in [0.717, 1.165) is 5.56 Å². The minimum absolute atomic E-state index is 0.0212. The fourth-order valence-electron chi connectivity index (χ4n) is 2.78. The molecule has 2 aromatic carbocycles. The van der Waals surface area contributed by atoms with Crippen molar-refractivity contribution >= 4 is 46.3 Å². The van der Waals surface area contributed by atoms with Crippen LogP contribution >= 0.6 is 24.0 Å². The first-order chi connectivity index (χ1) is 14.9. The molecule has 0 radical (unpaired) electrons. The number of carbonyl (C=O) groups is 2. The number of hydrogen-bond acceptors (Lipinski definition) is 7. The molecular formula is C22H15N3O4S2. The van der Waals surface area contributed by atoms with Crippen LogP contribution in [0.25, 0.3) is 6.08 Å². The number of carbonyl (C=O) groups excluding carboxylic acids is 1. The van der Waals surface area contributed by atoms with Crippen LogP contribution in [0.4, 0.5) is 0 Å². The third kappa shape index (κ3) is 5.48. The molecule has 31 heavy (non-hydrogen) atoms. The Kier molecular flexibility index (Phi) is 7.03. The Morgan fingerprint density at radius 2 is 1.81 bits per heavy atom. The van der Waals surface area contributed by atoms with E-state index in [1.165, 1.54) is 28.8 Å². The molecule has 1 aliphatic rings. The second-order valence-electron chi connectivity index (χ2n) is 6.43. The Balaban J connectivity index is 1.68. The number of amides is 1. The van der Waals surface area contributed by atoms with Gasteiger partial charge in [0.2, 0.25) is 0 Å². The van der Waals surface area contributed by atoms with Crippen LogP contribution in [0.1, 0.15) is 29.5 Å². The summed E-state index contributed by atoms with van der Waals surface area (Å²) in [6.45, 7) is 0.274. The SMILES string of the molecule is N#Cc1ccc(Oc2ccc(/C=C3/SC(=S)N(CCCC(=O)O)C3=O)cc2)cc1C#N. The molecule has 0 unspecified atom stereocenters. The quantitative estimate of drug-likeness (QED) is 0.492. The average molecular weight is 450 g/mol. The third-order valence-corrected chi connectivity index (χ3v) is 5.67. The van der Waals surface area contributed by atoms with E-state index < -0.39 is 5.97 Å². The molecule has 3 rings (SSSR count). The summed E-state index contributed by atoms with van der Waals surface area (Å²) >= 11 is 6.42. The number of nitriles is 2. The number of aliphatic carboxylic acids is 1. The van der Waals surface area contributed by atoms with Crippen molar-refractivity contribution in [3.05, 3.63) is 64.1 Å². The number of benzene rings is 2. The first kappa shape index (κ1) is 22.0. The molecule has 0 aliphatic carbocycles. The van der Waals surface area contributed by atoms with Crippen molar-refractivity contribution in [3.63, 3.8) is 0 Å². The molecule has 0 aromatic heterocycles. The third-order valence-electron chi connectivity index (χ3n) is 4.29. The lowest BCUT2D eigenvalue weighted by Gasteiger charge is -2.13. The fraction of sp³-hybridized carbons (Fsp3) is 0.136. The summed E-state index contributed by atoms with van der Waals surface area (Å²) in [5, 5.41) is 26.8. The van der Waals surface area contributed by atoms with Crippen LogP contribution in [0.2, 0.25) is 0 Å². The van der Waals surface area contributed by atoms with Crippen molar-refractivity contribution in [1.29, 1.82) is 10.5 Å². The zero-order chi connectivity index (χ0) is 22.4. The zero-order valence-electron chi connectivity index (χ0n) is 16.1. The lowest BCUT2D eigenvalue weighted by atomic mass is 10.1. The molecule has 9 heteroatoms. The molecule has 1 heterocycles. The first-order valence-electron chi connectivity index (χ1n) is 9.10. The number of carboxylic acids is 1. The fourth-order valence-corrected chi connectivity index (χ4v) is 4.09. The van der Waals surface area contributed by atoms with Crippen molar-refractivity contribution < 1.29 is 19.4 Å². The van der Waals surface area contributed by atoms with Gasteiger partial charge >= 0.3 is 5.97 Å². The molecule has 7 nitrogen and oxygen atoms in total. The van der Waals surface area contributed by atoms with Gasteiger partial charge < -0.3 is 9.84 Å². The number of thiocarbonyl (C=S) groups is 1. The van der Waals surface area contributed by atoms with Gasteiger partial charge in [-0.1, -0.05) is 36.1 Å². The predicted octanol–water partition coefficient (Wildman–Crippen LogP) is 4.29. The van der Waals surface area contributed by atoms with Crippen molar-refractivity contribution in [2.24, 2.45) is 0 Å². The van der Waals surface area contributed by atoms with E-state index in [4.69, 9.17) is 32.6 Å². The maximum Gasteiger partial charge on any atom is 0.303 e. The summed E-state index contributed by atoms with van der Waals surface area (Å²) in [6, 6.07) is 15.6. The number of carboxylic acid groups (broad SMARTS) is 1. The highest BCUT2D eigenvalue weighted by atomic mass is 32.2. The van der Waals surface area contributed by atoms with Crippen molar-refractivity contribution in [1.82, 2.24) is 4.90 Å². The summed E-state index contributed by atoms with van der Waals surface area (Å²) in [4.78, 5) is 25.1. The minimum Gasteiger partial charge on any atom is -0.481 e. The average Bonchev–Trinajstić information content (AvgIpc) is 3.02. The topological polar surface area (TPSA) is 114 Å². The van der Waals surface area contributed by atoms with Gasteiger partial charge in [-0.15, -0.1) is 0 Å². The number of hydrogen-bond donors (Lipinski definition) is 1. The van der Waals surface area contributed by atoms with Crippen molar-refractivity contribution in [2.45, 2.75) is 12.8 Å². The van der Waals surface area contributed by atoms with E-state index >= 15 is 0 Å². The summed E-state index contributed by atoms with van der Waals surface area (Å²) in [5.74, 6) is -0.173. The number of ether oxygens (including phenoxy) is 1. The lowest BCUT2D eigenvalue weighted by Crippen LogP contribution is -2.29. The second-order valence-corrected chi connectivity index (χ2v) is 8.11. The highest BCUT2D eigenvalue weighted by Gasteiger charge is 2.31. The summed E-state index contributed by atoms with van der Waals surface area (Å²) in [5.41, 5.74) is 1.29. The van der Waals surface area contributed by atoms with Gasteiger partial charge in [0.05, 0.1) is 16.0 Å². The summed E-state index contributed by atoms with van der Waals surface area (Å²) in [6.07, 6.45) is 2.03. The molecule has 0 spiro atoms. The molecular weight excluding hydrogens is 434 g/mol. The van der Waals surface area contributed by atoms with Gasteiger partial charge in [0, 0.05) is 13.0 Å². The van der Waals surface area contributed by atoms with Gasteiger partial charge in [-0.05, 0) is 48.4 Å². The highest BCUT2D eigenvalue weighted by Crippen LogP contribution is 2.33. The van der Waals surface area contributed by atoms with Crippen LogP contribution in [0.3, 0.4) is 0 Å². The number of nitrogens with zero attached hydrogens (tertiary/aromatic N) is 3. The molecule has 1 N–H and O–H groups in total. The van der Waals surface area contributed by atoms with Crippen LogP contribution in [0.5, 0.6) is 11.5 Å². The van der Waals surface area contributed by atoms with E-state index in [0.29, 0.717) is 27.1 Å². The standard InChI is InChI=1S/C22H15N3O4S2/c23-12-15-5-8-18(11-16(15)13-24)29-17-6-3-14(4-7-17)10-19-21(28)25(22(30)31-19)9-1-2-20(26)27/h3-8,10-11H,1-2,9H2,(H,26,27)/b19-10+. The Morgan fingerprint density at radius 1 is 1.13 bits per heavy atom. The zero-order valence-corrected chi connectivity index (χ0v) is 17.7. The van der Waals surface area contributed by atoms with E-state index in [1.807, 2.05) is 12.1 Å². The lowest BCUT2D eigenvalue weighted by molar-refractivity contribution is -0.137. The molecule has 1 amide bonds. The molecule has 0 saturated carbocycles. The largest absolute Gasteiger partial charge is 0.481 e.